The first kappa shape index (κ1) is 15.6. The quantitative estimate of drug-likeness (QED) is 0.838. The van der Waals surface area contributed by atoms with E-state index >= 15 is 0 Å². The Labute approximate surface area is 127 Å². The van der Waals surface area contributed by atoms with E-state index in [1.807, 2.05) is 36.4 Å². The van der Waals surface area contributed by atoms with Gasteiger partial charge in [0.25, 0.3) is 0 Å². The second kappa shape index (κ2) is 6.31. The Morgan fingerprint density at radius 1 is 0.952 bits per heavy atom. The van der Waals surface area contributed by atoms with E-state index in [9.17, 15) is 0 Å². The summed E-state index contributed by atoms with van der Waals surface area (Å²) in [5.41, 5.74) is 8.49. The monoisotopic (exact) mass is 283 g/mol. The molecule has 0 radical (unpaired) electrons. The van der Waals surface area contributed by atoms with Crippen molar-refractivity contribution in [2.75, 3.05) is 0 Å². The van der Waals surface area contributed by atoms with Crippen LogP contribution in [0.3, 0.4) is 0 Å². The summed E-state index contributed by atoms with van der Waals surface area (Å²) < 4.78 is 6.21. The molecule has 0 unspecified atom stereocenters. The van der Waals surface area contributed by atoms with Gasteiger partial charge in [-0.1, -0.05) is 64.1 Å². The van der Waals surface area contributed by atoms with Crippen LogP contribution >= 0.6 is 0 Å². The van der Waals surface area contributed by atoms with Gasteiger partial charge in [0.05, 0.1) is 0 Å². The number of hydrogen-bond donors (Lipinski definition) is 1. The summed E-state index contributed by atoms with van der Waals surface area (Å²) in [5.74, 6) is 1.75. The van der Waals surface area contributed by atoms with Crippen LogP contribution in [0.4, 0.5) is 0 Å². The number of nitrogens with two attached hydrogens (primary N) is 1. The van der Waals surface area contributed by atoms with Crippen LogP contribution in [0.25, 0.3) is 0 Å². The maximum absolute atomic E-state index is 6.21. The zero-order valence-corrected chi connectivity index (χ0v) is 13.4. The molecule has 2 aromatic rings. The molecule has 0 aliphatic carbocycles. The number of hydrogen-bond acceptors (Lipinski definition) is 2. The third-order valence-corrected chi connectivity index (χ3v) is 3.67. The molecule has 2 nitrogen and oxygen atoms in total. The highest BCUT2D eigenvalue weighted by Crippen LogP contribution is 2.36. The van der Waals surface area contributed by atoms with E-state index in [1.165, 1.54) is 5.56 Å². The molecule has 2 rings (SSSR count). The Balaban J connectivity index is 2.40. The molecule has 0 saturated carbocycles. The summed E-state index contributed by atoms with van der Waals surface area (Å²) in [6.45, 7) is 8.67. The molecule has 112 valence electrons. The van der Waals surface area contributed by atoms with Gasteiger partial charge in [0.15, 0.2) is 0 Å². The van der Waals surface area contributed by atoms with E-state index in [-0.39, 0.29) is 11.5 Å². The number of ether oxygens (including phenoxy) is 1. The summed E-state index contributed by atoms with van der Waals surface area (Å²) >= 11 is 0. The Morgan fingerprint density at radius 3 is 2.14 bits per heavy atom. The lowest BCUT2D eigenvalue weighted by Crippen LogP contribution is -2.13. The highest BCUT2D eigenvalue weighted by Gasteiger charge is 2.20. The normalized spacial score (nSPS) is 13.0. The lowest BCUT2D eigenvalue weighted by Gasteiger charge is -2.23. The molecular weight excluding hydrogens is 258 g/mol. The minimum absolute atomic E-state index is 0.00278. The van der Waals surface area contributed by atoms with Gasteiger partial charge in [0.1, 0.15) is 11.5 Å². The van der Waals surface area contributed by atoms with Crippen LogP contribution in [0, 0.1) is 0 Å². The fourth-order valence-corrected chi connectivity index (χ4v) is 2.39. The topological polar surface area (TPSA) is 35.2 Å². The highest BCUT2D eigenvalue weighted by atomic mass is 16.5. The summed E-state index contributed by atoms with van der Waals surface area (Å²) in [4.78, 5) is 0. The van der Waals surface area contributed by atoms with Gasteiger partial charge in [0.2, 0.25) is 0 Å². The zero-order valence-electron chi connectivity index (χ0n) is 13.4. The molecule has 0 bridgehead atoms. The number of benzene rings is 2. The van der Waals surface area contributed by atoms with Gasteiger partial charge in [-0.15, -0.1) is 0 Å². The predicted molar refractivity (Wildman–Crippen MR) is 88.9 cm³/mol. The van der Waals surface area contributed by atoms with E-state index in [0.717, 1.165) is 23.5 Å². The maximum Gasteiger partial charge on any atom is 0.132 e. The summed E-state index contributed by atoms with van der Waals surface area (Å²) in [6.07, 6.45) is 0.890. The predicted octanol–water partition coefficient (Wildman–Crippen LogP) is 5.19. The second-order valence-corrected chi connectivity index (χ2v) is 6.40. The molecule has 0 spiro atoms. The standard InChI is InChI=1S/C19H25NO/c1-5-16(20)14-10-6-8-12-17(14)21-18-13-9-7-11-15(18)19(2,3)4/h6-13,16H,5,20H2,1-4H3/t16-/m0/s1. The van der Waals surface area contributed by atoms with E-state index in [4.69, 9.17) is 10.5 Å². The fraction of sp³-hybridized carbons (Fsp3) is 0.368. The first-order valence-corrected chi connectivity index (χ1v) is 7.55. The Kier molecular flexibility index (Phi) is 4.69. The van der Waals surface area contributed by atoms with Crippen LogP contribution in [0.5, 0.6) is 11.5 Å². The average molecular weight is 283 g/mol. The van der Waals surface area contributed by atoms with Gasteiger partial charge in [-0.05, 0) is 24.0 Å². The van der Waals surface area contributed by atoms with Crippen molar-refractivity contribution in [2.24, 2.45) is 5.73 Å². The molecule has 0 amide bonds. The Bertz CT molecular complexity index is 599. The third kappa shape index (κ3) is 3.64. The molecule has 0 aliphatic heterocycles. The molecule has 2 N–H and O–H groups in total. The molecule has 2 heteroatoms. The van der Waals surface area contributed by atoms with Crippen molar-refractivity contribution in [2.45, 2.75) is 45.6 Å². The van der Waals surface area contributed by atoms with Crippen LogP contribution in [0.15, 0.2) is 48.5 Å². The average Bonchev–Trinajstić information content (AvgIpc) is 2.46. The summed E-state index contributed by atoms with van der Waals surface area (Å²) in [6, 6.07) is 16.2. The summed E-state index contributed by atoms with van der Waals surface area (Å²) in [7, 11) is 0. The van der Waals surface area contributed by atoms with Gasteiger partial charge >= 0.3 is 0 Å². The molecule has 0 aromatic heterocycles. The van der Waals surface area contributed by atoms with Gasteiger partial charge in [0, 0.05) is 17.2 Å². The van der Waals surface area contributed by atoms with Gasteiger partial charge in [-0.2, -0.15) is 0 Å². The first-order chi connectivity index (χ1) is 9.93. The van der Waals surface area contributed by atoms with Crippen molar-refractivity contribution in [3.05, 3.63) is 59.7 Å². The highest BCUT2D eigenvalue weighted by molar-refractivity contribution is 5.44. The molecule has 0 heterocycles. The van der Waals surface area contributed by atoms with Gasteiger partial charge in [-0.3, -0.25) is 0 Å². The molecule has 21 heavy (non-hydrogen) atoms. The van der Waals surface area contributed by atoms with E-state index in [0.29, 0.717) is 0 Å². The zero-order chi connectivity index (χ0) is 15.5. The minimum atomic E-state index is 0.00278. The van der Waals surface area contributed by atoms with Crippen LogP contribution in [-0.2, 0) is 5.41 Å². The number of para-hydroxylation sites is 2. The van der Waals surface area contributed by atoms with Crippen LogP contribution in [0.2, 0.25) is 0 Å². The number of rotatable bonds is 4. The molecule has 1 atom stereocenters. The molecule has 0 saturated heterocycles. The SMILES string of the molecule is CC[C@H](N)c1ccccc1Oc1ccccc1C(C)(C)C. The van der Waals surface area contributed by atoms with Crippen LogP contribution in [0.1, 0.15) is 51.3 Å². The summed E-state index contributed by atoms with van der Waals surface area (Å²) in [5, 5.41) is 0. The molecule has 0 aliphatic rings. The molecule has 0 fully saturated rings. The van der Waals surface area contributed by atoms with Crippen molar-refractivity contribution >= 4 is 0 Å². The lowest BCUT2D eigenvalue weighted by atomic mass is 9.86. The van der Waals surface area contributed by atoms with Gasteiger partial charge in [-0.25, -0.2) is 0 Å². The van der Waals surface area contributed by atoms with Crippen LogP contribution < -0.4 is 10.5 Å². The van der Waals surface area contributed by atoms with Crippen molar-refractivity contribution in [1.82, 2.24) is 0 Å². The van der Waals surface area contributed by atoms with Crippen molar-refractivity contribution < 1.29 is 4.74 Å². The van der Waals surface area contributed by atoms with Gasteiger partial charge < -0.3 is 10.5 Å². The van der Waals surface area contributed by atoms with E-state index in [1.54, 1.807) is 0 Å². The fourth-order valence-electron chi connectivity index (χ4n) is 2.39. The maximum atomic E-state index is 6.21. The Morgan fingerprint density at radius 2 is 1.52 bits per heavy atom. The smallest absolute Gasteiger partial charge is 0.132 e. The third-order valence-electron chi connectivity index (χ3n) is 3.67. The van der Waals surface area contributed by atoms with E-state index in [2.05, 4.69) is 39.8 Å². The van der Waals surface area contributed by atoms with Crippen LogP contribution in [-0.4, -0.2) is 0 Å². The second-order valence-electron chi connectivity index (χ2n) is 6.40. The lowest BCUT2D eigenvalue weighted by molar-refractivity contribution is 0.445. The van der Waals surface area contributed by atoms with Crippen molar-refractivity contribution in [3.8, 4) is 11.5 Å². The molecule has 2 aromatic carbocycles. The van der Waals surface area contributed by atoms with Crippen molar-refractivity contribution in [1.29, 1.82) is 0 Å². The van der Waals surface area contributed by atoms with E-state index < -0.39 is 0 Å². The first-order valence-electron chi connectivity index (χ1n) is 7.55. The molecular formula is C19H25NO. The van der Waals surface area contributed by atoms with Crippen molar-refractivity contribution in [3.63, 3.8) is 0 Å². The minimum Gasteiger partial charge on any atom is -0.457 e. The Hall–Kier alpha value is -1.80. The largest absolute Gasteiger partial charge is 0.457 e.